The molecule has 4 heteroatoms. The Morgan fingerprint density at radius 1 is 0.649 bits per heavy atom. The van der Waals surface area contributed by atoms with Gasteiger partial charge in [-0.2, -0.15) is 0 Å². The summed E-state index contributed by atoms with van der Waals surface area (Å²) in [6, 6.07) is 34.7. The van der Waals surface area contributed by atoms with Gasteiger partial charge in [0.05, 0.1) is 26.9 Å². The molecule has 7 aromatic rings. The van der Waals surface area contributed by atoms with Crippen LogP contribution in [-0.2, 0) is 5.41 Å². The Balaban J connectivity index is 1.46. The molecule has 0 radical (unpaired) electrons. The molecule has 0 N–H and O–H groups in total. The highest BCUT2D eigenvalue weighted by molar-refractivity contribution is 7.17. The average Bonchev–Trinajstić information content (AvgIpc) is 3.60. The highest BCUT2D eigenvalue weighted by atomic mass is 32.1. The molecule has 0 unspecified atom stereocenters. The Hall–Kier alpha value is -4.28. The van der Waals surface area contributed by atoms with Crippen LogP contribution in [0, 0.1) is 0 Å². The largest absolute Gasteiger partial charge is 0.278 e. The Kier molecular flexibility index (Phi) is 4.16. The van der Waals surface area contributed by atoms with Gasteiger partial charge in [-0.3, -0.25) is 4.57 Å². The minimum atomic E-state index is -0.121. The van der Waals surface area contributed by atoms with Crippen molar-refractivity contribution >= 4 is 43.4 Å². The van der Waals surface area contributed by atoms with Gasteiger partial charge in [-0.25, -0.2) is 9.97 Å². The number of rotatable bonds is 2. The Morgan fingerprint density at radius 3 is 2.08 bits per heavy atom. The normalized spacial score (nSPS) is 13.9. The van der Waals surface area contributed by atoms with Crippen molar-refractivity contribution in [3.8, 4) is 28.3 Å². The lowest BCUT2D eigenvalue weighted by molar-refractivity contribution is 0.662. The van der Waals surface area contributed by atoms with Crippen molar-refractivity contribution in [2.75, 3.05) is 0 Å². The van der Waals surface area contributed by atoms with Gasteiger partial charge in [0.2, 0.25) is 5.95 Å². The van der Waals surface area contributed by atoms with Gasteiger partial charge in [0.15, 0.2) is 0 Å². The third-order valence-electron chi connectivity index (χ3n) is 7.91. The molecule has 0 atom stereocenters. The maximum Gasteiger partial charge on any atom is 0.235 e. The topological polar surface area (TPSA) is 30.7 Å². The molecule has 0 fully saturated rings. The highest BCUT2D eigenvalue weighted by Crippen LogP contribution is 2.52. The van der Waals surface area contributed by atoms with E-state index < -0.39 is 0 Å². The number of nitrogens with zero attached hydrogens (tertiary/aromatic N) is 3. The fourth-order valence-electron chi connectivity index (χ4n) is 6.32. The summed E-state index contributed by atoms with van der Waals surface area (Å²) in [4.78, 5) is 10.4. The molecule has 0 spiro atoms. The van der Waals surface area contributed by atoms with Gasteiger partial charge in [0.25, 0.3) is 0 Å². The second kappa shape index (κ2) is 7.37. The zero-order valence-corrected chi connectivity index (χ0v) is 21.4. The summed E-state index contributed by atoms with van der Waals surface area (Å²) in [5.41, 5.74) is 10.6. The molecule has 1 aliphatic carbocycles. The summed E-state index contributed by atoms with van der Waals surface area (Å²) in [5.74, 6) is 0.712. The summed E-state index contributed by atoms with van der Waals surface area (Å²) in [7, 11) is 0. The Morgan fingerprint density at radius 2 is 1.30 bits per heavy atom. The third-order valence-corrected chi connectivity index (χ3v) is 8.82. The SMILES string of the molecule is CC1(C)c2ccccc2-c2cccc(-c3nc(-n4c5ccccc5c5ccccc54)nc4ccsc34)c21. The Bertz CT molecular complexity index is 1970. The first-order valence-corrected chi connectivity index (χ1v) is 13.5. The Labute approximate surface area is 218 Å². The quantitative estimate of drug-likeness (QED) is 0.241. The van der Waals surface area contributed by atoms with Crippen molar-refractivity contribution in [3.05, 3.63) is 114 Å². The first-order valence-electron chi connectivity index (χ1n) is 12.6. The van der Waals surface area contributed by atoms with Crippen LogP contribution in [-0.4, -0.2) is 14.5 Å². The van der Waals surface area contributed by atoms with Gasteiger partial charge in [-0.05, 0) is 45.8 Å². The van der Waals surface area contributed by atoms with E-state index in [0.717, 1.165) is 26.9 Å². The summed E-state index contributed by atoms with van der Waals surface area (Å²) in [5, 5.41) is 4.55. The molecule has 3 nitrogen and oxygen atoms in total. The van der Waals surface area contributed by atoms with Gasteiger partial charge in [0.1, 0.15) is 0 Å². The zero-order valence-electron chi connectivity index (χ0n) is 20.6. The summed E-state index contributed by atoms with van der Waals surface area (Å²) in [6.07, 6.45) is 0. The standard InChI is InChI=1S/C33H23N3S/c1-33(2)25-15-6-3-10-20(25)23-13-9-14-24(29(23)33)30-31-26(18-19-37-31)34-32(35-30)36-27-16-7-4-11-21(27)22-12-5-8-17-28(22)36/h3-19H,1-2H3. The van der Waals surface area contributed by atoms with Crippen LogP contribution in [0.3, 0.4) is 0 Å². The molecular weight excluding hydrogens is 470 g/mol. The van der Waals surface area contributed by atoms with Crippen LogP contribution in [0.25, 0.3) is 60.4 Å². The van der Waals surface area contributed by atoms with E-state index in [1.54, 1.807) is 11.3 Å². The molecule has 8 rings (SSSR count). The summed E-state index contributed by atoms with van der Waals surface area (Å²) >= 11 is 1.72. The van der Waals surface area contributed by atoms with Crippen LogP contribution >= 0.6 is 11.3 Å². The maximum atomic E-state index is 5.35. The van der Waals surface area contributed by atoms with Gasteiger partial charge < -0.3 is 0 Å². The molecule has 0 amide bonds. The van der Waals surface area contributed by atoms with Gasteiger partial charge in [-0.15, -0.1) is 11.3 Å². The lowest BCUT2D eigenvalue weighted by atomic mass is 9.79. The molecule has 0 saturated carbocycles. The van der Waals surface area contributed by atoms with E-state index in [9.17, 15) is 0 Å². The van der Waals surface area contributed by atoms with Gasteiger partial charge >= 0.3 is 0 Å². The van der Waals surface area contributed by atoms with E-state index >= 15 is 0 Å². The van der Waals surface area contributed by atoms with E-state index in [2.05, 4.69) is 121 Å². The first kappa shape index (κ1) is 20.9. The van der Waals surface area contributed by atoms with E-state index in [1.165, 1.54) is 38.6 Å². The maximum absolute atomic E-state index is 5.35. The molecule has 3 aromatic heterocycles. The van der Waals surface area contributed by atoms with Crippen molar-refractivity contribution in [2.24, 2.45) is 0 Å². The molecule has 0 aliphatic heterocycles. The van der Waals surface area contributed by atoms with E-state index in [4.69, 9.17) is 9.97 Å². The fourth-order valence-corrected chi connectivity index (χ4v) is 7.15. The van der Waals surface area contributed by atoms with Crippen molar-refractivity contribution in [1.82, 2.24) is 14.5 Å². The minimum Gasteiger partial charge on any atom is -0.278 e. The smallest absolute Gasteiger partial charge is 0.235 e. The monoisotopic (exact) mass is 493 g/mol. The molecule has 176 valence electrons. The number of aromatic nitrogens is 3. The van der Waals surface area contributed by atoms with Crippen LogP contribution in [0.5, 0.6) is 0 Å². The van der Waals surface area contributed by atoms with Crippen molar-refractivity contribution in [3.63, 3.8) is 0 Å². The van der Waals surface area contributed by atoms with Crippen LogP contribution in [0.2, 0.25) is 0 Å². The van der Waals surface area contributed by atoms with E-state index in [-0.39, 0.29) is 5.41 Å². The van der Waals surface area contributed by atoms with Gasteiger partial charge in [-0.1, -0.05) is 92.7 Å². The molecular formula is C33H23N3S. The molecule has 3 heterocycles. The number of hydrogen-bond acceptors (Lipinski definition) is 3. The van der Waals surface area contributed by atoms with Gasteiger partial charge in [0, 0.05) is 21.8 Å². The second-order valence-electron chi connectivity index (χ2n) is 10.3. The minimum absolute atomic E-state index is 0.121. The van der Waals surface area contributed by atoms with Crippen LogP contribution in [0.15, 0.2) is 102 Å². The lowest BCUT2D eigenvalue weighted by Crippen LogP contribution is -2.16. The predicted molar refractivity (Wildman–Crippen MR) is 155 cm³/mol. The molecule has 0 saturated heterocycles. The van der Waals surface area contributed by atoms with E-state index in [1.807, 2.05) is 0 Å². The van der Waals surface area contributed by atoms with Crippen molar-refractivity contribution in [2.45, 2.75) is 19.3 Å². The van der Waals surface area contributed by atoms with Crippen molar-refractivity contribution in [1.29, 1.82) is 0 Å². The molecule has 37 heavy (non-hydrogen) atoms. The second-order valence-corrected chi connectivity index (χ2v) is 11.2. The van der Waals surface area contributed by atoms with Crippen LogP contribution < -0.4 is 0 Å². The summed E-state index contributed by atoms with van der Waals surface area (Å²) in [6.45, 7) is 4.67. The predicted octanol–water partition coefficient (Wildman–Crippen LogP) is 8.76. The average molecular weight is 494 g/mol. The number of para-hydroxylation sites is 2. The molecule has 0 bridgehead atoms. The third kappa shape index (κ3) is 2.76. The van der Waals surface area contributed by atoms with Crippen LogP contribution in [0.4, 0.5) is 0 Å². The van der Waals surface area contributed by atoms with Crippen LogP contribution in [0.1, 0.15) is 25.0 Å². The number of thiophene rings is 1. The number of fused-ring (bicyclic) bond motifs is 7. The first-order chi connectivity index (χ1) is 18.1. The highest BCUT2D eigenvalue weighted by Gasteiger charge is 2.38. The molecule has 4 aromatic carbocycles. The van der Waals surface area contributed by atoms with E-state index in [0.29, 0.717) is 5.95 Å². The van der Waals surface area contributed by atoms with Crippen molar-refractivity contribution < 1.29 is 0 Å². The molecule has 1 aliphatic rings. The fraction of sp³-hybridized carbons (Fsp3) is 0.0909. The lowest BCUT2D eigenvalue weighted by Gasteiger charge is -2.24. The summed E-state index contributed by atoms with van der Waals surface area (Å²) < 4.78 is 3.35. The number of benzene rings is 4. The number of hydrogen-bond donors (Lipinski definition) is 0. The zero-order chi connectivity index (χ0) is 24.7.